The molecule has 0 radical (unpaired) electrons. The molecule has 0 spiro atoms. The number of carbonyl (C=O) groups is 1. The summed E-state index contributed by atoms with van der Waals surface area (Å²) in [6, 6.07) is 19.2. The molecule has 1 aliphatic rings. The Morgan fingerprint density at radius 2 is 1.68 bits per heavy atom. The summed E-state index contributed by atoms with van der Waals surface area (Å²) >= 11 is 0. The highest BCUT2D eigenvalue weighted by molar-refractivity contribution is 7.89. The van der Waals surface area contributed by atoms with Crippen molar-refractivity contribution in [3.05, 3.63) is 102 Å². The number of hydrogen-bond acceptors (Lipinski definition) is 16. The van der Waals surface area contributed by atoms with Crippen molar-refractivity contribution in [3.63, 3.8) is 0 Å². The minimum atomic E-state index is -4.45. The zero-order valence-electron chi connectivity index (χ0n) is 28.3. The van der Waals surface area contributed by atoms with Crippen LogP contribution in [0.25, 0.3) is 11.5 Å². The van der Waals surface area contributed by atoms with Gasteiger partial charge in [-0.15, -0.1) is 10.2 Å². The van der Waals surface area contributed by atoms with E-state index in [0.717, 1.165) is 0 Å². The number of ether oxygens (including phenoxy) is 6. The maximum Gasteiger partial charge on any atom is 0.412 e. The third-order valence-electron chi connectivity index (χ3n) is 7.34. The highest BCUT2D eigenvalue weighted by atomic mass is 32.2. The van der Waals surface area contributed by atoms with Crippen molar-refractivity contribution in [2.75, 3.05) is 39.9 Å². The molecule has 1 atom stereocenters. The van der Waals surface area contributed by atoms with Gasteiger partial charge in [0.15, 0.2) is 23.1 Å². The average Bonchev–Trinajstić information content (AvgIpc) is 3.73. The first-order chi connectivity index (χ1) is 25.7. The van der Waals surface area contributed by atoms with Gasteiger partial charge in [0.2, 0.25) is 5.82 Å². The summed E-state index contributed by atoms with van der Waals surface area (Å²) in [5.74, 6) is -0.796. The normalized spacial score (nSPS) is 15.2. The van der Waals surface area contributed by atoms with Crippen LogP contribution in [0.2, 0.25) is 0 Å². The number of para-hydroxylation sites is 2. The smallest absolute Gasteiger partial charge is 0.412 e. The van der Waals surface area contributed by atoms with E-state index in [1.807, 2.05) is 0 Å². The van der Waals surface area contributed by atoms with Crippen LogP contribution in [0.4, 0.5) is 10.6 Å². The number of nitrogens with one attached hydrogen (secondary N) is 4. The topological polar surface area (TPSA) is 235 Å². The van der Waals surface area contributed by atoms with Crippen molar-refractivity contribution >= 4 is 28.1 Å². The van der Waals surface area contributed by atoms with E-state index < -0.39 is 22.0 Å². The van der Waals surface area contributed by atoms with Gasteiger partial charge in [0.05, 0.1) is 34.2 Å². The van der Waals surface area contributed by atoms with Crippen LogP contribution in [0, 0.1) is 0 Å². The first-order valence-electron chi connectivity index (χ1n) is 15.6. The predicted octanol–water partition coefficient (Wildman–Crippen LogP) is 2.96. The van der Waals surface area contributed by atoms with Gasteiger partial charge in [-0.25, -0.2) is 23.2 Å². The summed E-state index contributed by atoms with van der Waals surface area (Å²) in [4.78, 5) is 25.2. The molecule has 0 saturated heterocycles. The summed E-state index contributed by atoms with van der Waals surface area (Å²) in [7, 11) is -0.245. The van der Waals surface area contributed by atoms with E-state index in [4.69, 9.17) is 28.4 Å². The van der Waals surface area contributed by atoms with Crippen LogP contribution >= 0.6 is 0 Å². The molecular formula is C33H32N10O9S. The summed E-state index contributed by atoms with van der Waals surface area (Å²) in [6.45, 7) is -0.497. The third-order valence-corrected chi connectivity index (χ3v) is 8.71. The van der Waals surface area contributed by atoms with Gasteiger partial charge in [-0.3, -0.25) is 15.0 Å². The van der Waals surface area contributed by atoms with Crippen molar-refractivity contribution in [2.24, 2.45) is 4.99 Å². The molecule has 6 rings (SSSR count). The molecule has 274 valence electrons. The van der Waals surface area contributed by atoms with E-state index in [2.05, 4.69) is 50.9 Å². The van der Waals surface area contributed by atoms with Crippen LogP contribution in [-0.4, -0.2) is 85.9 Å². The molecule has 0 bridgehead atoms. The van der Waals surface area contributed by atoms with Gasteiger partial charge in [0.25, 0.3) is 15.9 Å². The molecule has 4 N–H and O–H groups in total. The molecule has 53 heavy (non-hydrogen) atoms. The number of tetrazole rings is 1. The van der Waals surface area contributed by atoms with Crippen LogP contribution in [0.1, 0.15) is 5.56 Å². The fourth-order valence-electron chi connectivity index (χ4n) is 4.87. The van der Waals surface area contributed by atoms with Gasteiger partial charge in [-0.2, -0.15) is 5.21 Å². The zero-order chi connectivity index (χ0) is 37.3. The second-order valence-electron chi connectivity index (χ2n) is 10.6. The lowest BCUT2D eigenvalue weighted by Crippen LogP contribution is -2.50. The number of nitrogens with zero attached hydrogens (tertiary/aromatic N) is 6. The fraction of sp³-hybridized carbons (Fsp3) is 0.182. The number of sulfonamides is 1. The number of aromatic nitrogens is 6. The van der Waals surface area contributed by atoms with Crippen molar-refractivity contribution in [3.8, 4) is 34.5 Å². The number of amides is 1. The summed E-state index contributed by atoms with van der Waals surface area (Å²) in [6.07, 6.45) is 3.46. The van der Waals surface area contributed by atoms with E-state index in [9.17, 15) is 13.2 Å². The van der Waals surface area contributed by atoms with Gasteiger partial charge in [0, 0.05) is 24.0 Å². The zero-order valence-corrected chi connectivity index (χ0v) is 29.2. The van der Waals surface area contributed by atoms with Crippen LogP contribution in [0.5, 0.6) is 23.0 Å². The van der Waals surface area contributed by atoms with Crippen molar-refractivity contribution < 1.29 is 41.6 Å². The number of rotatable bonds is 15. The van der Waals surface area contributed by atoms with Crippen molar-refractivity contribution in [1.29, 1.82) is 0 Å². The molecule has 4 heterocycles. The predicted molar refractivity (Wildman–Crippen MR) is 186 cm³/mol. The Kier molecular flexibility index (Phi) is 10.9. The van der Waals surface area contributed by atoms with Crippen LogP contribution < -0.4 is 34.3 Å². The second kappa shape index (κ2) is 16.0. The Bertz CT molecular complexity index is 2220. The quantitative estimate of drug-likeness (QED) is 0.113. The summed E-state index contributed by atoms with van der Waals surface area (Å²) in [5.41, 5.74) is 0.596. The Labute approximate surface area is 302 Å². The Morgan fingerprint density at radius 3 is 2.42 bits per heavy atom. The number of carbonyl (C=O) groups excluding carboxylic acids is 1. The van der Waals surface area contributed by atoms with Gasteiger partial charge >= 0.3 is 6.09 Å². The number of H-pyrrole nitrogens is 1. The highest BCUT2D eigenvalue weighted by Gasteiger charge is 2.40. The minimum absolute atomic E-state index is 0.0399. The van der Waals surface area contributed by atoms with Crippen molar-refractivity contribution in [1.82, 2.24) is 40.6 Å². The molecule has 20 heteroatoms. The lowest BCUT2D eigenvalue weighted by molar-refractivity contribution is -0.0776. The maximum absolute atomic E-state index is 14.1. The number of anilines is 1. The number of benzene rings is 2. The Balaban J connectivity index is 1.37. The van der Waals surface area contributed by atoms with Crippen molar-refractivity contribution in [2.45, 2.75) is 10.7 Å². The summed E-state index contributed by atoms with van der Waals surface area (Å²) in [5, 5.41) is 19.5. The number of allylic oxidation sites excluding steroid dienone is 1. The molecule has 2 aromatic carbocycles. The lowest BCUT2D eigenvalue weighted by atomic mass is 10.1. The second-order valence-corrected chi connectivity index (χ2v) is 12.3. The van der Waals surface area contributed by atoms with Crippen LogP contribution in [0.15, 0.2) is 107 Å². The van der Waals surface area contributed by atoms with Gasteiger partial charge in [0.1, 0.15) is 34.5 Å². The van der Waals surface area contributed by atoms with E-state index in [1.165, 1.54) is 52.1 Å². The third kappa shape index (κ3) is 8.40. The first kappa shape index (κ1) is 36.0. The number of methoxy groups -OCH3 is 3. The molecule has 5 aromatic rings. The number of aliphatic imine (C=N–C) groups is 1. The maximum atomic E-state index is 14.1. The van der Waals surface area contributed by atoms with E-state index in [-0.39, 0.29) is 64.3 Å². The molecular weight excluding hydrogens is 712 g/mol. The largest absolute Gasteiger partial charge is 0.497 e. The molecule has 0 fully saturated rings. The molecule has 19 nitrogen and oxygen atoms in total. The molecule has 0 aliphatic carbocycles. The van der Waals surface area contributed by atoms with E-state index in [0.29, 0.717) is 11.3 Å². The first-order valence-corrected chi connectivity index (χ1v) is 17.0. The molecule has 1 unspecified atom stereocenters. The highest BCUT2D eigenvalue weighted by Crippen LogP contribution is 2.34. The molecule has 1 amide bonds. The lowest BCUT2D eigenvalue weighted by Gasteiger charge is -2.36. The monoisotopic (exact) mass is 744 g/mol. The minimum Gasteiger partial charge on any atom is -0.497 e. The van der Waals surface area contributed by atoms with E-state index in [1.54, 1.807) is 60.7 Å². The standard InChI is InChI=1S/C33H32N10O9S/c1-47-22-11-12-26(49-3)28(19-22)53(45,46)41-31-27(52-25-9-5-4-8-24(25)48-2)20-36-33(38-31,21-13-15-34-23(18-21)30-39-42-43-40-30)51-17-16-50-32(44)37-29-10-6-7-14-35-29/h4-15,18-20,38,41H,16-17H2,1-3H3,(H,35,37,44)(H,39,40,42,43). The van der Waals surface area contributed by atoms with E-state index >= 15 is 0 Å². The average molecular weight is 745 g/mol. The SMILES string of the molecule is COc1ccc(OC)c(S(=O)(=O)NC2=C(Oc3ccccc3OC)C=NC(OCCOC(=O)Nc3ccccn3)(c3ccnc(-c4nn[nH]n4)c3)N2)c1. The molecule has 3 aromatic heterocycles. The van der Waals surface area contributed by atoms with Crippen LogP contribution in [0.3, 0.4) is 0 Å². The Hall–Kier alpha value is -6.80. The van der Waals surface area contributed by atoms with Gasteiger partial charge in [-0.1, -0.05) is 18.2 Å². The number of pyridine rings is 2. The van der Waals surface area contributed by atoms with Crippen LogP contribution in [-0.2, 0) is 25.3 Å². The molecule has 1 aliphatic heterocycles. The van der Waals surface area contributed by atoms with Gasteiger partial charge < -0.3 is 33.7 Å². The molecule has 0 saturated carbocycles. The van der Waals surface area contributed by atoms with Gasteiger partial charge in [-0.05, 0) is 53.7 Å². The number of aromatic amines is 1. The number of hydrogen-bond donors (Lipinski definition) is 4. The Morgan fingerprint density at radius 1 is 0.868 bits per heavy atom. The fourth-order valence-corrected chi connectivity index (χ4v) is 6.09. The summed E-state index contributed by atoms with van der Waals surface area (Å²) < 4.78 is 64.7.